The topological polar surface area (TPSA) is 81.7 Å². The zero-order valence-electron chi connectivity index (χ0n) is 14.5. The maximum Gasteiger partial charge on any atom is 0.387 e. The minimum Gasteiger partial charge on any atom is -0.452 e. The van der Waals surface area contributed by atoms with Gasteiger partial charge in [0.15, 0.2) is 6.61 Å². The molecule has 0 spiro atoms. The number of benzene rings is 2. The van der Waals surface area contributed by atoms with Crippen LogP contribution in [-0.4, -0.2) is 31.0 Å². The molecule has 0 aliphatic heterocycles. The fourth-order valence-corrected chi connectivity index (χ4v) is 2.29. The number of carbonyl (C=O) groups is 3. The molecule has 152 valence electrons. The fraction of sp³-hybridized carbons (Fsp3) is 0.105. The van der Waals surface area contributed by atoms with E-state index in [1.165, 1.54) is 24.3 Å². The van der Waals surface area contributed by atoms with Gasteiger partial charge in [0, 0.05) is 11.6 Å². The zero-order chi connectivity index (χ0) is 21.4. The number of imide groups is 1. The van der Waals surface area contributed by atoms with Crippen LogP contribution in [0.15, 0.2) is 48.5 Å². The molecule has 29 heavy (non-hydrogen) atoms. The second-order valence-electron chi connectivity index (χ2n) is 5.39. The monoisotopic (exact) mass is 443 g/mol. The molecule has 0 aliphatic carbocycles. The smallest absolute Gasteiger partial charge is 0.387 e. The number of halogens is 4. The predicted molar refractivity (Wildman–Crippen MR) is 102 cm³/mol. The molecule has 0 heterocycles. The van der Waals surface area contributed by atoms with Crippen molar-refractivity contribution in [3.05, 3.63) is 69.7 Å². The summed E-state index contributed by atoms with van der Waals surface area (Å²) >= 11 is 11.6. The van der Waals surface area contributed by atoms with Crippen LogP contribution in [0.1, 0.15) is 15.9 Å². The van der Waals surface area contributed by atoms with Crippen molar-refractivity contribution < 1.29 is 32.6 Å². The average Bonchev–Trinajstić information content (AvgIpc) is 2.67. The Hall–Kier alpha value is -2.97. The highest BCUT2D eigenvalue weighted by atomic mass is 35.5. The van der Waals surface area contributed by atoms with Crippen molar-refractivity contribution in [1.82, 2.24) is 5.32 Å². The first-order chi connectivity index (χ1) is 13.7. The summed E-state index contributed by atoms with van der Waals surface area (Å²) in [6.45, 7) is -3.68. The lowest BCUT2D eigenvalue weighted by atomic mass is 10.2. The number of alkyl halides is 2. The lowest BCUT2D eigenvalue weighted by Crippen LogP contribution is -2.34. The number of ether oxygens (including phenoxy) is 2. The molecule has 10 heteroatoms. The summed E-state index contributed by atoms with van der Waals surface area (Å²) in [4.78, 5) is 35.3. The molecular weight excluding hydrogens is 431 g/mol. The minimum absolute atomic E-state index is 0.0332. The Morgan fingerprint density at radius 2 is 1.72 bits per heavy atom. The molecule has 0 aliphatic rings. The Kier molecular flexibility index (Phi) is 8.11. The first kappa shape index (κ1) is 22.3. The maximum absolute atomic E-state index is 12.1. The molecule has 2 aromatic carbocycles. The van der Waals surface area contributed by atoms with Gasteiger partial charge in [-0.1, -0.05) is 29.3 Å². The number of hydrogen-bond donors (Lipinski definition) is 1. The van der Waals surface area contributed by atoms with Gasteiger partial charge in [-0.2, -0.15) is 8.78 Å². The highest BCUT2D eigenvalue weighted by Crippen LogP contribution is 2.23. The molecule has 1 N–H and O–H groups in total. The molecule has 0 saturated heterocycles. The molecule has 0 atom stereocenters. The van der Waals surface area contributed by atoms with Gasteiger partial charge in [-0.25, -0.2) is 4.79 Å². The molecular formula is C19H13Cl2F2NO5. The third-order valence-corrected chi connectivity index (χ3v) is 4.03. The van der Waals surface area contributed by atoms with Gasteiger partial charge in [0.1, 0.15) is 5.75 Å². The molecule has 0 bridgehead atoms. The maximum atomic E-state index is 12.1. The van der Waals surface area contributed by atoms with Crippen molar-refractivity contribution in [1.29, 1.82) is 0 Å². The second kappa shape index (κ2) is 10.5. The van der Waals surface area contributed by atoms with Gasteiger partial charge in [0.25, 0.3) is 11.8 Å². The molecule has 2 amide bonds. The summed E-state index contributed by atoms with van der Waals surface area (Å²) in [5, 5.41) is 2.68. The van der Waals surface area contributed by atoms with Crippen LogP contribution in [0.3, 0.4) is 0 Å². The Labute approximate surface area is 174 Å². The first-order valence-corrected chi connectivity index (χ1v) is 8.69. The molecule has 2 aromatic rings. The number of carbonyl (C=O) groups excluding carboxylic acids is 3. The fourth-order valence-electron chi connectivity index (χ4n) is 1.99. The summed E-state index contributed by atoms with van der Waals surface area (Å²) in [6, 6.07) is 9.43. The van der Waals surface area contributed by atoms with E-state index in [9.17, 15) is 23.2 Å². The SMILES string of the molecule is O=C(COC(=O)/C=C/c1ccc(Cl)c(Cl)c1)NC(=O)c1ccc(OC(F)F)cc1. The van der Waals surface area contributed by atoms with E-state index in [0.717, 1.165) is 18.2 Å². The Morgan fingerprint density at radius 3 is 2.34 bits per heavy atom. The summed E-state index contributed by atoms with van der Waals surface area (Å²) in [6.07, 6.45) is 2.49. The quantitative estimate of drug-likeness (QED) is 0.514. The van der Waals surface area contributed by atoms with Crippen molar-refractivity contribution >= 4 is 47.1 Å². The third-order valence-electron chi connectivity index (χ3n) is 3.30. The lowest BCUT2D eigenvalue weighted by Gasteiger charge is -2.06. The highest BCUT2D eigenvalue weighted by molar-refractivity contribution is 6.42. The number of amides is 2. The van der Waals surface area contributed by atoms with Crippen LogP contribution in [0.5, 0.6) is 5.75 Å². The van der Waals surface area contributed by atoms with Crippen molar-refractivity contribution in [2.24, 2.45) is 0 Å². The van der Waals surface area contributed by atoms with Crippen LogP contribution >= 0.6 is 23.2 Å². The largest absolute Gasteiger partial charge is 0.452 e. The third kappa shape index (κ3) is 7.52. The molecule has 0 unspecified atom stereocenters. The number of hydrogen-bond acceptors (Lipinski definition) is 5. The van der Waals surface area contributed by atoms with Gasteiger partial charge in [-0.15, -0.1) is 0 Å². The molecule has 0 radical (unpaired) electrons. The van der Waals surface area contributed by atoms with E-state index in [0.29, 0.717) is 15.6 Å². The van der Waals surface area contributed by atoms with Gasteiger partial charge in [0.05, 0.1) is 10.0 Å². The van der Waals surface area contributed by atoms with E-state index in [1.807, 2.05) is 5.32 Å². The zero-order valence-corrected chi connectivity index (χ0v) is 16.0. The predicted octanol–water partition coefficient (Wildman–Crippen LogP) is 4.11. The van der Waals surface area contributed by atoms with Crippen LogP contribution in [0.2, 0.25) is 10.0 Å². The summed E-state index contributed by atoms with van der Waals surface area (Å²) in [5.74, 6) is -2.60. The van der Waals surface area contributed by atoms with Crippen LogP contribution in [0.4, 0.5) is 8.78 Å². The number of nitrogens with one attached hydrogen (secondary N) is 1. The molecule has 6 nitrogen and oxygen atoms in total. The van der Waals surface area contributed by atoms with Crippen molar-refractivity contribution in [2.75, 3.05) is 6.61 Å². The Balaban J connectivity index is 1.80. The van der Waals surface area contributed by atoms with E-state index in [2.05, 4.69) is 4.74 Å². The van der Waals surface area contributed by atoms with Gasteiger partial charge < -0.3 is 9.47 Å². The van der Waals surface area contributed by atoms with Crippen LogP contribution in [-0.2, 0) is 14.3 Å². The Bertz CT molecular complexity index is 933. The molecule has 0 fully saturated rings. The van der Waals surface area contributed by atoms with Gasteiger partial charge in [-0.3, -0.25) is 14.9 Å². The van der Waals surface area contributed by atoms with Crippen molar-refractivity contribution in [3.63, 3.8) is 0 Å². The van der Waals surface area contributed by atoms with Gasteiger partial charge in [-0.05, 0) is 48.0 Å². The van der Waals surface area contributed by atoms with Crippen LogP contribution in [0.25, 0.3) is 6.08 Å². The number of esters is 1. The molecule has 0 aromatic heterocycles. The standard InChI is InChI=1S/C19H13Cl2F2NO5/c20-14-7-1-11(9-15(14)21)2-8-17(26)28-10-16(25)24-18(27)12-3-5-13(6-4-12)29-19(22)23/h1-9,19H,10H2,(H,24,25,27)/b8-2+. The summed E-state index contributed by atoms with van der Waals surface area (Å²) in [5.41, 5.74) is 0.626. The van der Waals surface area contributed by atoms with E-state index in [1.54, 1.807) is 12.1 Å². The minimum atomic E-state index is -2.99. The first-order valence-electron chi connectivity index (χ1n) is 7.93. The van der Waals surface area contributed by atoms with Crippen molar-refractivity contribution in [3.8, 4) is 5.75 Å². The highest BCUT2D eigenvalue weighted by Gasteiger charge is 2.13. The van der Waals surface area contributed by atoms with E-state index in [-0.39, 0.29) is 11.3 Å². The Morgan fingerprint density at radius 1 is 1.03 bits per heavy atom. The average molecular weight is 444 g/mol. The second-order valence-corrected chi connectivity index (χ2v) is 6.21. The van der Waals surface area contributed by atoms with E-state index < -0.39 is 31.0 Å². The van der Waals surface area contributed by atoms with Crippen LogP contribution in [0, 0.1) is 0 Å². The van der Waals surface area contributed by atoms with Crippen molar-refractivity contribution in [2.45, 2.75) is 6.61 Å². The van der Waals surface area contributed by atoms with Gasteiger partial charge >= 0.3 is 12.6 Å². The van der Waals surface area contributed by atoms with Crippen LogP contribution < -0.4 is 10.1 Å². The summed E-state index contributed by atoms with van der Waals surface area (Å²) < 4.78 is 33.0. The van der Waals surface area contributed by atoms with E-state index in [4.69, 9.17) is 27.9 Å². The van der Waals surface area contributed by atoms with E-state index >= 15 is 0 Å². The lowest BCUT2D eigenvalue weighted by molar-refractivity contribution is -0.143. The molecule has 2 rings (SSSR count). The molecule has 0 saturated carbocycles. The normalized spacial score (nSPS) is 10.8. The summed E-state index contributed by atoms with van der Waals surface area (Å²) in [7, 11) is 0. The van der Waals surface area contributed by atoms with Gasteiger partial charge in [0.2, 0.25) is 0 Å². The number of rotatable bonds is 7.